The van der Waals surface area contributed by atoms with Crippen LogP contribution in [0.3, 0.4) is 0 Å². The van der Waals surface area contributed by atoms with Gasteiger partial charge in [0, 0.05) is 0 Å². The lowest BCUT2D eigenvalue weighted by molar-refractivity contribution is 0.623. The summed E-state index contributed by atoms with van der Waals surface area (Å²) in [7, 11) is 0. The molecule has 0 aromatic heterocycles. The van der Waals surface area contributed by atoms with Gasteiger partial charge in [0.25, 0.3) is 0 Å². The lowest BCUT2D eigenvalue weighted by atomic mass is 9.98. The molecule has 2 heteroatoms. The third-order valence-electron chi connectivity index (χ3n) is 2.34. The lowest BCUT2D eigenvalue weighted by Crippen LogP contribution is -2.02. The van der Waals surface area contributed by atoms with Gasteiger partial charge in [-0.25, -0.2) is 4.39 Å². The molecule has 1 aromatic rings. The Morgan fingerprint density at radius 1 is 1.42 bits per heavy atom. The minimum Gasteiger partial charge on any atom is -0.207 e. The first-order valence-corrected chi connectivity index (χ1v) is 3.94. The number of benzene rings is 1. The van der Waals surface area contributed by atoms with E-state index in [1.54, 1.807) is 6.07 Å². The quantitative estimate of drug-likeness (QED) is 0.620. The largest absolute Gasteiger partial charge is 0.207 e. The number of hydrogen-bond acceptors (Lipinski definition) is 1. The van der Waals surface area contributed by atoms with E-state index in [9.17, 15) is 4.39 Å². The standard InChI is InChI=1S/C10H8FN/c11-9-3-1-2-8(6-9)10(7-12)4-5-10/h1-3,6H,4-5H2. The smallest absolute Gasteiger partial charge is 0.123 e. The van der Waals surface area contributed by atoms with Crippen molar-refractivity contribution in [2.24, 2.45) is 0 Å². The number of halogens is 1. The maximum atomic E-state index is 12.8. The fraction of sp³-hybridized carbons (Fsp3) is 0.300. The molecule has 1 aromatic carbocycles. The number of nitriles is 1. The van der Waals surface area contributed by atoms with Gasteiger partial charge >= 0.3 is 0 Å². The van der Waals surface area contributed by atoms with Crippen LogP contribution in [-0.2, 0) is 5.41 Å². The molecule has 1 nitrogen and oxygen atoms in total. The van der Waals surface area contributed by atoms with Gasteiger partial charge < -0.3 is 0 Å². The van der Waals surface area contributed by atoms with Crippen molar-refractivity contribution < 1.29 is 4.39 Å². The summed E-state index contributed by atoms with van der Waals surface area (Å²) in [5.74, 6) is -0.256. The van der Waals surface area contributed by atoms with Crippen LogP contribution >= 0.6 is 0 Å². The highest BCUT2D eigenvalue weighted by Gasteiger charge is 2.44. The third-order valence-corrected chi connectivity index (χ3v) is 2.34. The van der Waals surface area contributed by atoms with E-state index in [2.05, 4.69) is 6.07 Å². The van der Waals surface area contributed by atoms with E-state index in [-0.39, 0.29) is 11.2 Å². The third kappa shape index (κ3) is 0.984. The zero-order chi connectivity index (χ0) is 8.60. The molecular formula is C10H8FN. The van der Waals surface area contributed by atoms with Gasteiger partial charge in [-0.2, -0.15) is 5.26 Å². The Labute approximate surface area is 70.4 Å². The van der Waals surface area contributed by atoms with Crippen molar-refractivity contribution in [3.05, 3.63) is 35.6 Å². The van der Waals surface area contributed by atoms with E-state index in [4.69, 9.17) is 5.26 Å². The summed E-state index contributed by atoms with van der Waals surface area (Å²) in [5, 5.41) is 8.83. The van der Waals surface area contributed by atoms with E-state index >= 15 is 0 Å². The van der Waals surface area contributed by atoms with Gasteiger partial charge in [-0.1, -0.05) is 12.1 Å². The first kappa shape index (κ1) is 7.30. The van der Waals surface area contributed by atoms with Crippen molar-refractivity contribution in [3.8, 4) is 6.07 Å². The molecule has 0 saturated heterocycles. The molecular weight excluding hydrogens is 153 g/mol. The van der Waals surface area contributed by atoms with E-state index in [0.29, 0.717) is 0 Å². The van der Waals surface area contributed by atoms with Gasteiger partial charge in [0.2, 0.25) is 0 Å². The molecule has 0 atom stereocenters. The van der Waals surface area contributed by atoms with E-state index in [1.807, 2.05) is 6.07 Å². The SMILES string of the molecule is N#CC1(c2cccc(F)c2)CC1. The predicted octanol–water partition coefficient (Wildman–Crippen LogP) is 2.38. The Bertz CT molecular complexity index is 347. The van der Waals surface area contributed by atoms with Gasteiger partial charge in [-0.05, 0) is 30.5 Å². The molecule has 1 aliphatic rings. The van der Waals surface area contributed by atoms with Crippen molar-refractivity contribution in [3.63, 3.8) is 0 Å². The van der Waals surface area contributed by atoms with Crippen molar-refractivity contribution in [2.45, 2.75) is 18.3 Å². The molecule has 0 bridgehead atoms. The van der Waals surface area contributed by atoms with Crippen LogP contribution in [0.15, 0.2) is 24.3 Å². The average Bonchev–Trinajstić information content (AvgIpc) is 2.84. The van der Waals surface area contributed by atoms with Gasteiger partial charge in [0.05, 0.1) is 11.5 Å². The monoisotopic (exact) mass is 161 g/mol. The van der Waals surface area contributed by atoms with Gasteiger partial charge in [-0.15, -0.1) is 0 Å². The summed E-state index contributed by atoms with van der Waals surface area (Å²) in [6.45, 7) is 0. The first-order chi connectivity index (χ1) is 5.77. The second kappa shape index (κ2) is 2.31. The summed E-state index contributed by atoms with van der Waals surface area (Å²) in [5.41, 5.74) is 0.465. The molecule has 1 fully saturated rings. The van der Waals surface area contributed by atoms with Crippen molar-refractivity contribution in [1.82, 2.24) is 0 Å². The minimum atomic E-state index is -0.359. The molecule has 60 valence electrons. The molecule has 0 radical (unpaired) electrons. The summed E-state index contributed by atoms with van der Waals surface area (Å²) >= 11 is 0. The maximum Gasteiger partial charge on any atom is 0.123 e. The van der Waals surface area contributed by atoms with Crippen LogP contribution in [0.5, 0.6) is 0 Å². The Kier molecular flexibility index (Phi) is 1.41. The van der Waals surface area contributed by atoms with Crippen LogP contribution in [0, 0.1) is 17.1 Å². The molecule has 0 heterocycles. The number of hydrogen-bond donors (Lipinski definition) is 0. The molecule has 2 rings (SSSR count). The fourth-order valence-corrected chi connectivity index (χ4v) is 1.38. The summed E-state index contributed by atoms with van der Waals surface area (Å²) in [6, 6.07) is 8.56. The fourth-order valence-electron chi connectivity index (χ4n) is 1.38. The van der Waals surface area contributed by atoms with Crippen LogP contribution in [0.1, 0.15) is 18.4 Å². The topological polar surface area (TPSA) is 23.8 Å². The van der Waals surface area contributed by atoms with Gasteiger partial charge in [0.15, 0.2) is 0 Å². The Hall–Kier alpha value is -1.36. The van der Waals surface area contributed by atoms with Crippen LogP contribution < -0.4 is 0 Å². The van der Waals surface area contributed by atoms with Gasteiger partial charge in [0.1, 0.15) is 5.82 Å². The minimum absolute atomic E-state index is 0.256. The Morgan fingerprint density at radius 3 is 2.67 bits per heavy atom. The molecule has 0 N–H and O–H groups in total. The highest BCUT2D eigenvalue weighted by atomic mass is 19.1. The molecule has 0 amide bonds. The maximum absolute atomic E-state index is 12.8. The van der Waals surface area contributed by atoms with Crippen LogP contribution in [0.2, 0.25) is 0 Å². The number of rotatable bonds is 1. The first-order valence-electron chi connectivity index (χ1n) is 3.94. The highest BCUT2D eigenvalue weighted by molar-refractivity contribution is 5.38. The normalized spacial score (nSPS) is 18.3. The predicted molar refractivity (Wildman–Crippen MR) is 42.9 cm³/mol. The zero-order valence-electron chi connectivity index (χ0n) is 6.55. The second-order valence-electron chi connectivity index (χ2n) is 3.20. The van der Waals surface area contributed by atoms with E-state index in [1.165, 1.54) is 12.1 Å². The molecule has 0 aliphatic heterocycles. The molecule has 1 saturated carbocycles. The molecule has 12 heavy (non-hydrogen) atoms. The summed E-state index contributed by atoms with van der Waals surface area (Å²) < 4.78 is 12.8. The van der Waals surface area contributed by atoms with Gasteiger partial charge in [-0.3, -0.25) is 0 Å². The highest BCUT2D eigenvalue weighted by Crippen LogP contribution is 2.47. The summed E-state index contributed by atoms with van der Waals surface area (Å²) in [4.78, 5) is 0. The van der Waals surface area contributed by atoms with E-state index < -0.39 is 0 Å². The average molecular weight is 161 g/mol. The van der Waals surface area contributed by atoms with Crippen LogP contribution in [0.4, 0.5) is 4.39 Å². The van der Waals surface area contributed by atoms with Crippen molar-refractivity contribution in [1.29, 1.82) is 5.26 Å². The second-order valence-corrected chi connectivity index (χ2v) is 3.20. The molecule has 0 spiro atoms. The van der Waals surface area contributed by atoms with E-state index in [0.717, 1.165) is 18.4 Å². The zero-order valence-corrected chi connectivity index (χ0v) is 6.55. The van der Waals surface area contributed by atoms with Crippen molar-refractivity contribution in [2.75, 3.05) is 0 Å². The van der Waals surface area contributed by atoms with Crippen LogP contribution in [-0.4, -0.2) is 0 Å². The molecule has 1 aliphatic carbocycles. The summed E-state index contributed by atoms with van der Waals surface area (Å²) in [6.07, 6.45) is 1.74. The van der Waals surface area contributed by atoms with Crippen LogP contribution in [0.25, 0.3) is 0 Å². The lowest BCUT2D eigenvalue weighted by Gasteiger charge is -2.04. The Balaban J connectivity index is 2.42. The van der Waals surface area contributed by atoms with Crippen molar-refractivity contribution >= 4 is 0 Å². The Morgan fingerprint density at radius 2 is 2.17 bits per heavy atom. The number of nitrogens with zero attached hydrogens (tertiary/aromatic N) is 1. The molecule has 0 unspecified atom stereocenters.